The molecule has 4 nitrogen and oxygen atoms in total. The zero-order valence-electron chi connectivity index (χ0n) is 11.8. The van der Waals surface area contributed by atoms with Gasteiger partial charge in [0.05, 0.1) is 6.54 Å². The van der Waals surface area contributed by atoms with Crippen molar-refractivity contribution in [2.45, 2.75) is 58.3 Å². The molecule has 0 bridgehead atoms. The molecule has 0 aromatic carbocycles. The van der Waals surface area contributed by atoms with Gasteiger partial charge < -0.3 is 15.7 Å². The SMILES string of the molecule is CCCCCCCCCCNCCNCC(=O)O. The highest BCUT2D eigenvalue weighted by atomic mass is 16.4. The van der Waals surface area contributed by atoms with E-state index in [1.54, 1.807) is 0 Å². The molecule has 0 rings (SSSR count). The van der Waals surface area contributed by atoms with Crippen molar-refractivity contribution < 1.29 is 9.90 Å². The molecule has 0 aromatic heterocycles. The largest absolute Gasteiger partial charge is 0.480 e. The number of hydrogen-bond donors (Lipinski definition) is 3. The second-order valence-electron chi connectivity index (χ2n) is 4.80. The Balaban J connectivity index is 2.92. The van der Waals surface area contributed by atoms with Crippen LogP contribution in [-0.4, -0.2) is 37.3 Å². The molecule has 0 amide bonds. The maximum atomic E-state index is 10.2. The fraction of sp³-hybridized carbons (Fsp3) is 0.929. The third-order valence-electron chi connectivity index (χ3n) is 2.96. The van der Waals surface area contributed by atoms with E-state index in [0.717, 1.165) is 19.6 Å². The molecule has 18 heavy (non-hydrogen) atoms. The van der Waals surface area contributed by atoms with Crippen molar-refractivity contribution in [2.75, 3.05) is 26.2 Å². The van der Waals surface area contributed by atoms with Gasteiger partial charge in [-0.2, -0.15) is 0 Å². The van der Waals surface area contributed by atoms with Gasteiger partial charge in [-0.3, -0.25) is 4.79 Å². The molecule has 0 heterocycles. The van der Waals surface area contributed by atoms with Crippen molar-refractivity contribution in [3.05, 3.63) is 0 Å². The third kappa shape index (κ3) is 15.4. The van der Waals surface area contributed by atoms with E-state index in [0.29, 0.717) is 0 Å². The van der Waals surface area contributed by atoms with Crippen LogP contribution in [0.3, 0.4) is 0 Å². The van der Waals surface area contributed by atoms with Gasteiger partial charge in [0.2, 0.25) is 0 Å². The third-order valence-corrected chi connectivity index (χ3v) is 2.96. The Kier molecular flexibility index (Phi) is 14.0. The van der Waals surface area contributed by atoms with Crippen LogP contribution in [-0.2, 0) is 4.79 Å². The lowest BCUT2D eigenvalue weighted by Gasteiger charge is -2.05. The van der Waals surface area contributed by atoms with Gasteiger partial charge in [-0.05, 0) is 13.0 Å². The molecule has 0 saturated heterocycles. The van der Waals surface area contributed by atoms with E-state index < -0.39 is 5.97 Å². The molecule has 0 aliphatic carbocycles. The molecule has 0 aromatic rings. The fourth-order valence-electron chi connectivity index (χ4n) is 1.88. The number of rotatable bonds is 14. The quantitative estimate of drug-likeness (QED) is 0.419. The summed E-state index contributed by atoms with van der Waals surface area (Å²) in [5, 5.41) is 14.6. The fourth-order valence-corrected chi connectivity index (χ4v) is 1.88. The minimum Gasteiger partial charge on any atom is -0.480 e. The molecule has 4 heteroatoms. The van der Waals surface area contributed by atoms with Gasteiger partial charge in [-0.1, -0.05) is 51.9 Å². The van der Waals surface area contributed by atoms with Crippen molar-refractivity contribution in [2.24, 2.45) is 0 Å². The Morgan fingerprint density at radius 3 is 2.00 bits per heavy atom. The van der Waals surface area contributed by atoms with Crippen LogP contribution in [0.4, 0.5) is 0 Å². The number of nitrogens with one attached hydrogen (secondary N) is 2. The maximum Gasteiger partial charge on any atom is 0.317 e. The van der Waals surface area contributed by atoms with Crippen LogP contribution in [0.5, 0.6) is 0 Å². The van der Waals surface area contributed by atoms with Crippen LogP contribution in [0.1, 0.15) is 58.3 Å². The highest BCUT2D eigenvalue weighted by molar-refractivity contribution is 5.68. The second-order valence-corrected chi connectivity index (χ2v) is 4.80. The summed E-state index contributed by atoms with van der Waals surface area (Å²) in [6, 6.07) is 0. The summed E-state index contributed by atoms with van der Waals surface area (Å²) in [5.41, 5.74) is 0. The molecular formula is C14H30N2O2. The van der Waals surface area contributed by atoms with Gasteiger partial charge in [0.25, 0.3) is 0 Å². The summed E-state index contributed by atoms with van der Waals surface area (Å²) >= 11 is 0. The molecular weight excluding hydrogens is 228 g/mol. The minimum atomic E-state index is -0.793. The first-order valence-electron chi connectivity index (χ1n) is 7.40. The van der Waals surface area contributed by atoms with Gasteiger partial charge in [0, 0.05) is 13.1 Å². The lowest BCUT2D eigenvalue weighted by Crippen LogP contribution is -2.31. The first kappa shape index (κ1) is 17.4. The van der Waals surface area contributed by atoms with Crippen molar-refractivity contribution in [3.63, 3.8) is 0 Å². The number of carboxylic acid groups (broad SMARTS) is 1. The first-order valence-corrected chi connectivity index (χ1v) is 7.40. The standard InChI is InChI=1S/C14H30N2O2/c1-2-3-4-5-6-7-8-9-10-15-11-12-16-13-14(17)18/h15-16H,2-13H2,1H3,(H,17,18). The van der Waals surface area contributed by atoms with Crippen molar-refractivity contribution in [1.82, 2.24) is 10.6 Å². The van der Waals surface area contributed by atoms with Crippen LogP contribution in [0, 0.1) is 0 Å². The molecule has 0 radical (unpaired) electrons. The number of carboxylic acids is 1. The number of hydrogen-bond acceptors (Lipinski definition) is 3. The highest BCUT2D eigenvalue weighted by Gasteiger charge is 1.94. The van der Waals surface area contributed by atoms with Crippen LogP contribution in [0.15, 0.2) is 0 Å². The Labute approximate surface area is 112 Å². The number of aliphatic carboxylic acids is 1. The molecule has 0 aliphatic rings. The lowest BCUT2D eigenvalue weighted by atomic mass is 10.1. The molecule has 3 N–H and O–H groups in total. The van der Waals surface area contributed by atoms with Gasteiger partial charge in [-0.15, -0.1) is 0 Å². The predicted molar refractivity (Wildman–Crippen MR) is 76.0 cm³/mol. The molecule has 0 unspecified atom stereocenters. The van der Waals surface area contributed by atoms with E-state index in [1.165, 1.54) is 51.4 Å². The van der Waals surface area contributed by atoms with Gasteiger partial charge in [0.1, 0.15) is 0 Å². The normalized spacial score (nSPS) is 10.7. The maximum absolute atomic E-state index is 10.2. The minimum absolute atomic E-state index is 0.0550. The summed E-state index contributed by atoms with van der Waals surface area (Å²) in [4.78, 5) is 10.2. The zero-order valence-corrected chi connectivity index (χ0v) is 11.8. The monoisotopic (exact) mass is 258 g/mol. The summed E-state index contributed by atoms with van der Waals surface area (Å²) in [6.07, 6.45) is 10.7. The van der Waals surface area contributed by atoms with E-state index in [4.69, 9.17) is 5.11 Å². The van der Waals surface area contributed by atoms with Crippen LogP contribution in [0.2, 0.25) is 0 Å². The molecule has 0 spiro atoms. The summed E-state index contributed by atoms with van der Waals surface area (Å²) in [6.45, 7) is 4.92. The summed E-state index contributed by atoms with van der Waals surface area (Å²) < 4.78 is 0. The zero-order chi connectivity index (χ0) is 13.5. The average Bonchev–Trinajstić information content (AvgIpc) is 2.34. The van der Waals surface area contributed by atoms with Crippen molar-refractivity contribution in [3.8, 4) is 0 Å². The molecule has 0 fully saturated rings. The molecule has 108 valence electrons. The smallest absolute Gasteiger partial charge is 0.317 e. The summed E-state index contributed by atoms with van der Waals surface area (Å²) in [5.74, 6) is -0.793. The van der Waals surface area contributed by atoms with E-state index in [1.807, 2.05) is 0 Å². The second kappa shape index (κ2) is 14.5. The molecule has 0 atom stereocenters. The Morgan fingerprint density at radius 2 is 1.39 bits per heavy atom. The van der Waals surface area contributed by atoms with Crippen LogP contribution >= 0.6 is 0 Å². The van der Waals surface area contributed by atoms with E-state index in [-0.39, 0.29) is 6.54 Å². The van der Waals surface area contributed by atoms with Gasteiger partial charge >= 0.3 is 5.97 Å². The van der Waals surface area contributed by atoms with Crippen LogP contribution in [0.25, 0.3) is 0 Å². The number of carbonyl (C=O) groups is 1. The van der Waals surface area contributed by atoms with E-state index >= 15 is 0 Å². The van der Waals surface area contributed by atoms with E-state index in [2.05, 4.69) is 17.6 Å². The predicted octanol–water partition coefficient (Wildman–Crippen LogP) is 2.39. The summed E-state index contributed by atoms with van der Waals surface area (Å²) in [7, 11) is 0. The molecule has 0 aliphatic heterocycles. The van der Waals surface area contributed by atoms with E-state index in [9.17, 15) is 4.79 Å². The topological polar surface area (TPSA) is 61.4 Å². The van der Waals surface area contributed by atoms with Crippen LogP contribution < -0.4 is 10.6 Å². The Bertz CT molecular complexity index is 187. The first-order chi connectivity index (χ1) is 8.77. The number of unbranched alkanes of at least 4 members (excludes halogenated alkanes) is 7. The highest BCUT2D eigenvalue weighted by Crippen LogP contribution is 2.07. The van der Waals surface area contributed by atoms with Crippen molar-refractivity contribution >= 4 is 5.97 Å². The lowest BCUT2D eigenvalue weighted by molar-refractivity contribution is -0.135. The Hall–Kier alpha value is -0.610. The Morgan fingerprint density at radius 1 is 0.833 bits per heavy atom. The van der Waals surface area contributed by atoms with Gasteiger partial charge in [-0.25, -0.2) is 0 Å². The average molecular weight is 258 g/mol. The molecule has 0 saturated carbocycles. The van der Waals surface area contributed by atoms with Gasteiger partial charge in [0.15, 0.2) is 0 Å². The van der Waals surface area contributed by atoms with Crippen molar-refractivity contribution in [1.29, 1.82) is 0 Å².